The number of amides is 1. The van der Waals surface area contributed by atoms with Crippen LogP contribution < -0.4 is 10.1 Å². The van der Waals surface area contributed by atoms with Gasteiger partial charge >= 0.3 is 6.09 Å². The molecule has 5 heteroatoms. The highest BCUT2D eigenvalue weighted by Crippen LogP contribution is 2.69. The largest absolute Gasteiger partial charge is 0.417 e. The van der Waals surface area contributed by atoms with Gasteiger partial charge in [0.2, 0.25) is 0 Å². The maximum Gasteiger partial charge on any atom is 0.417 e. The minimum absolute atomic E-state index is 0.331. The van der Waals surface area contributed by atoms with E-state index in [2.05, 4.69) is 38.2 Å². The van der Waals surface area contributed by atoms with Crippen molar-refractivity contribution >= 4 is 11.8 Å². The Labute approximate surface area is 226 Å². The van der Waals surface area contributed by atoms with Crippen LogP contribution in [0.1, 0.15) is 76.3 Å². The molecule has 1 amide bonds. The number of benzene rings is 2. The van der Waals surface area contributed by atoms with E-state index >= 15 is 0 Å². The van der Waals surface area contributed by atoms with Crippen LogP contribution in [0.3, 0.4) is 0 Å². The highest BCUT2D eigenvalue weighted by atomic mass is 16.7. The van der Waals surface area contributed by atoms with E-state index in [0.29, 0.717) is 52.8 Å². The molecule has 0 bridgehead atoms. The number of carbonyl (C=O) groups excluding carboxylic acids is 1. The van der Waals surface area contributed by atoms with E-state index in [4.69, 9.17) is 14.2 Å². The first-order valence-corrected chi connectivity index (χ1v) is 14.8. The maximum absolute atomic E-state index is 12.4. The lowest BCUT2D eigenvalue weighted by atomic mass is 9.53. The molecule has 5 aliphatic rings. The molecule has 1 spiro atoms. The molecule has 3 aliphatic carbocycles. The second-order valence-corrected chi connectivity index (χ2v) is 13.2. The molecule has 2 saturated carbocycles. The quantitative estimate of drug-likeness (QED) is 0.448. The van der Waals surface area contributed by atoms with Crippen LogP contribution in [0.15, 0.2) is 48.5 Å². The Morgan fingerprint density at radius 3 is 2.68 bits per heavy atom. The van der Waals surface area contributed by atoms with Crippen LogP contribution in [0.25, 0.3) is 0 Å². The minimum Gasteiger partial charge on any atom is -0.410 e. The molecule has 5 nitrogen and oxygen atoms in total. The summed E-state index contributed by atoms with van der Waals surface area (Å²) in [6, 6.07) is 15.8. The smallest absolute Gasteiger partial charge is 0.410 e. The summed E-state index contributed by atoms with van der Waals surface area (Å²) in [5.74, 6) is 4.00. The molecule has 7 rings (SSSR count). The Hall–Kier alpha value is -2.37. The van der Waals surface area contributed by atoms with E-state index in [1.807, 2.05) is 36.4 Å². The van der Waals surface area contributed by atoms with Gasteiger partial charge in [-0.15, -0.1) is 0 Å². The molecule has 0 unspecified atom stereocenters. The number of carbonyl (C=O) groups is 1. The van der Waals surface area contributed by atoms with E-state index in [1.54, 1.807) is 0 Å². The SMILES string of the molecule is C[C@@H]1CC[C@@]2(OC1)O[C@H]1C[C@H]3[C@@H]4CCc5cc(OC(=O)Nc6ccccc6)ccc5[C@H]4CC[C@]3(C)[C@H]1[C@@H]2C. The topological polar surface area (TPSA) is 56.8 Å². The number of hydrogen-bond donors (Lipinski definition) is 1. The zero-order valence-electron chi connectivity index (χ0n) is 23.0. The Balaban J connectivity index is 1.06. The molecule has 4 fully saturated rings. The molecule has 2 saturated heterocycles. The molecular weight excluding hydrogens is 474 g/mol. The molecule has 2 aromatic carbocycles. The normalized spacial score (nSPS) is 41.1. The van der Waals surface area contributed by atoms with E-state index in [-0.39, 0.29) is 5.79 Å². The molecule has 2 aliphatic heterocycles. The second kappa shape index (κ2) is 9.09. The number of aryl methyl sites for hydroxylation is 1. The molecule has 0 aromatic heterocycles. The van der Waals surface area contributed by atoms with Gasteiger partial charge in [0.25, 0.3) is 0 Å². The van der Waals surface area contributed by atoms with E-state index < -0.39 is 6.09 Å². The lowest BCUT2D eigenvalue weighted by molar-refractivity contribution is -0.272. The van der Waals surface area contributed by atoms with Gasteiger partial charge in [-0.25, -0.2) is 4.79 Å². The molecule has 2 aromatic rings. The van der Waals surface area contributed by atoms with Crippen LogP contribution in [-0.2, 0) is 15.9 Å². The fourth-order valence-electron chi connectivity index (χ4n) is 9.41. The molecule has 38 heavy (non-hydrogen) atoms. The zero-order valence-corrected chi connectivity index (χ0v) is 23.0. The van der Waals surface area contributed by atoms with Crippen molar-refractivity contribution in [2.24, 2.45) is 35.0 Å². The van der Waals surface area contributed by atoms with Crippen molar-refractivity contribution in [1.29, 1.82) is 0 Å². The van der Waals surface area contributed by atoms with Crippen LogP contribution in [0.5, 0.6) is 5.75 Å². The predicted molar refractivity (Wildman–Crippen MR) is 147 cm³/mol. The fraction of sp³-hybridized carbons (Fsp3) is 0.606. The van der Waals surface area contributed by atoms with Crippen LogP contribution in [-0.4, -0.2) is 24.6 Å². The van der Waals surface area contributed by atoms with Gasteiger partial charge in [-0.1, -0.05) is 45.0 Å². The molecular formula is C33H41NO4. The van der Waals surface area contributed by atoms with Gasteiger partial charge in [-0.05, 0) is 109 Å². The third-order valence-electron chi connectivity index (χ3n) is 11.2. The number of anilines is 1. The monoisotopic (exact) mass is 515 g/mol. The summed E-state index contributed by atoms with van der Waals surface area (Å²) < 4.78 is 19.0. The van der Waals surface area contributed by atoms with Crippen molar-refractivity contribution in [2.45, 2.75) is 83.5 Å². The van der Waals surface area contributed by atoms with Gasteiger partial charge in [0, 0.05) is 18.0 Å². The Bertz CT molecular complexity index is 1200. The number of fused-ring (bicyclic) bond motifs is 7. The first kappa shape index (κ1) is 24.7. The van der Waals surface area contributed by atoms with E-state index in [9.17, 15) is 4.79 Å². The summed E-state index contributed by atoms with van der Waals surface area (Å²) in [6.07, 6.45) is 8.11. The standard InChI is InChI=1S/C33H41NO4/c1-20-13-16-33(36-19-20)21(2)30-29(38-33)18-28-27-11-9-22-17-24(37-31(35)34-23-7-5-4-6-8-23)10-12-25(22)26(27)14-15-32(28,30)3/h4-8,10,12,17,20-21,26-30H,9,11,13-16,18-19H2,1-3H3,(H,34,35)/t20-,21+,26-,27-,28+,29+,30+,32+,33-/m1/s1. The molecule has 9 atom stereocenters. The minimum atomic E-state index is -0.445. The maximum atomic E-state index is 12.4. The van der Waals surface area contributed by atoms with Crippen molar-refractivity contribution in [3.05, 3.63) is 59.7 Å². The van der Waals surface area contributed by atoms with Gasteiger partial charge in [0.1, 0.15) is 5.75 Å². The van der Waals surface area contributed by atoms with Crippen LogP contribution in [0.4, 0.5) is 10.5 Å². The zero-order chi connectivity index (χ0) is 26.1. The third-order valence-corrected chi connectivity index (χ3v) is 11.2. The number of rotatable bonds is 2. The third kappa shape index (κ3) is 3.83. The summed E-state index contributed by atoms with van der Waals surface area (Å²) in [4.78, 5) is 12.4. The second-order valence-electron chi connectivity index (χ2n) is 13.2. The van der Waals surface area contributed by atoms with Crippen LogP contribution in [0.2, 0.25) is 0 Å². The summed E-state index contributed by atoms with van der Waals surface area (Å²) in [7, 11) is 0. The number of para-hydroxylation sites is 1. The first-order chi connectivity index (χ1) is 18.4. The lowest BCUT2D eigenvalue weighted by Gasteiger charge is -2.52. The van der Waals surface area contributed by atoms with Gasteiger partial charge in [-0.3, -0.25) is 5.32 Å². The average molecular weight is 516 g/mol. The molecule has 1 N–H and O–H groups in total. The molecule has 202 valence electrons. The first-order valence-electron chi connectivity index (χ1n) is 14.8. The summed E-state index contributed by atoms with van der Waals surface area (Å²) in [6.45, 7) is 8.14. The Morgan fingerprint density at radius 1 is 1.05 bits per heavy atom. The van der Waals surface area contributed by atoms with Crippen molar-refractivity contribution in [3.8, 4) is 5.75 Å². The van der Waals surface area contributed by atoms with E-state index in [1.165, 1.54) is 43.2 Å². The van der Waals surface area contributed by atoms with Crippen LogP contribution >= 0.6 is 0 Å². The molecule has 0 radical (unpaired) electrons. The van der Waals surface area contributed by atoms with Crippen molar-refractivity contribution in [3.63, 3.8) is 0 Å². The van der Waals surface area contributed by atoms with Gasteiger partial charge in [0.15, 0.2) is 5.79 Å². The van der Waals surface area contributed by atoms with Crippen molar-refractivity contribution < 1.29 is 19.0 Å². The Kier molecular flexibility index (Phi) is 5.90. The van der Waals surface area contributed by atoms with E-state index in [0.717, 1.165) is 25.1 Å². The number of ether oxygens (including phenoxy) is 3. The summed E-state index contributed by atoms with van der Waals surface area (Å²) in [5, 5.41) is 2.81. The highest BCUT2D eigenvalue weighted by Gasteiger charge is 2.67. The van der Waals surface area contributed by atoms with Crippen molar-refractivity contribution in [1.82, 2.24) is 0 Å². The van der Waals surface area contributed by atoms with Crippen molar-refractivity contribution in [2.75, 3.05) is 11.9 Å². The van der Waals surface area contributed by atoms with Crippen LogP contribution in [0, 0.1) is 35.0 Å². The predicted octanol–water partition coefficient (Wildman–Crippen LogP) is 7.56. The fourth-order valence-corrected chi connectivity index (χ4v) is 9.41. The average Bonchev–Trinajstić information content (AvgIpc) is 3.36. The lowest BCUT2D eigenvalue weighted by Crippen LogP contribution is -2.48. The van der Waals surface area contributed by atoms with Gasteiger partial charge in [0.05, 0.1) is 12.7 Å². The highest BCUT2D eigenvalue weighted by molar-refractivity contribution is 5.86. The van der Waals surface area contributed by atoms with Gasteiger partial charge < -0.3 is 14.2 Å². The summed E-state index contributed by atoms with van der Waals surface area (Å²) >= 11 is 0. The van der Waals surface area contributed by atoms with Gasteiger partial charge in [-0.2, -0.15) is 0 Å². The Morgan fingerprint density at radius 2 is 1.89 bits per heavy atom. The summed E-state index contributed by atoms with van der Waals surface area (Å²) in [5.41, 5.74) is 3.90. The number of hydrogen-bond acceptors (Lipinski definition) is 4. The molecule has 2 heterocycles. The number of nitrogens with one attached hydrogen (secondary N) is 1.